The molecule has 0 bridgehead atoms. The van der Waals surface area contributed by atoms with Gasteiger partial charge in [-0.25, -0.2) is 4.98 Å². The number of carbonyl (C=O) groups is 2. The van der Waals surface area contributed by atoms with Gasteiger partial charge in [-0.1, -0.05) is 6.07 Å². The molecular weight excluding hydrogens is 487 g/mol. The van der Waals surface area contributed by atoms with Crippen molar-refractivity contribution in [3.8, 4) is 11.1 Å². The monoisotopic (exact) mass is 511 g/mol. The average Bonchev–Trinajstić information content (AvgIpc) is 2.89. The van der Waals surface area contributed by atoms with Crippen LogP contribution in [0.1, 0.15) is 28.5 Å². The van der Waals surface area contributed by atoms with Gasteiger partial charge < -0.3 is 15.0 Å². The van der Waals surface area contributed by atoms with Gasteiger partial charge in [0.1, 0.15) is 6.04 Å². The Bertz CT molecular complexity index is 1380. The van der Waals surface area contributed by atoms with Crippen LogP contribution in [0.4, 0.5) is 30.4 Å². The second-order valence-electron chi connectivity index (χ2n) is 8.82. The van der Waals surface area contributed by atoms with Crippen LogP contribution in [0.5, 0.6) is 0 Å². The minimum absolute atomic E-state index is 0.0490. The van der Waals surface area contributed by atoms with E-state index in [4.69, 9.17) is 4.74 Å². The minimum Gasteiger partial charge on any atom is -0.377 e. The first-order valence-corrected chi connectivity index (χ1v) is 11.8. The van der Waals surface area contributed by atoms with Crippen LogP contribution in [0.15, 0.2) is 48.8 Å². The lowest BCUT2D eigenvalue weighted by Gasteiger charge is -2.44. The molecule has 1 atom stereocenters. The van der Waals surface area contributed by atoms with Gasteiger partial charge in [0.15, 0.2) is 5.82 Å². The highest BCUT2D eigenvalue weighted by Crippen LogP contribution is 2.39. The summed E-state index contributed by atoms with van der Waals surface area (Å²) in [5, 5.41) is 2.63. The maximum Gasteiger partial charge on any atom is 0.416 e. The normalized spacial score (nSPS) is 17.3. The third kappa shape index (κ3) is 4.62. The number of aromatic nitrogens is 2. The third-order valence-electron chi connectivity index (χ3n) is 6.52. The number of likely N-dealkylation sites (N-methyl/N-ethyl adjacent to an activating group) is 1. The number of morpholine rings is 1. The molecule has 11 heteroatoms. The Labute approximate surface area is 211 Å². The zero-order valence-electron chi connectivity index (χ0n) is 20.2. The van der Waals surface area contributed by atoms with Gasteiger partial charge in [0.25, 0.3) is 11.8 Å². The van der Waals surface area contributed by atoms with E-state index in [2.05, 4.69) is 15.3 Å². The van der Waals surface area contributed by atoms with Gasteiger partial charge in [-0.05, 0) is 44.2 Å². The number of aryl methyl sites for hydroxylation is 1. The van der Waals surface area contributed by atoms with Crippen molar-refractivity contribution in [2.75, 3.05) is 41.4 Å². The smallest absolute Gasteiger partial charge is 0.377 e. The van der Waals surface area contributed by atoms with E-state index < -0.39 is 23.7 Å². The molecule has 3 aromatic rings. The van der Waals surface area contributed by atoms with Gasteiger partial charge in [-0.2, -0.15) is 13.2 Å². The number of ether oxygens (including phenoxy) is 1. The van der Waals surface area contributed by atoms with Crippen molar-refractivity contribution in [2.24, 2.45) is 0 Å². The van der Waals surface area contributed by atoms with Gasteiger partial charge in [-0.15, -0.1) is 0 Å². The molecule has 37 heavy (non-hydrogen) atoms. The van der Waals surface area contributed by atoms with Crippen molar-refractivity contribution in [1.29, 1.82) is 0 Å². The summed E-state index contributed by atoms with van der Waals surface area (Å²) in [6, 6.07) is 7.47. The zero-order chi connectivity index (χ0) is 26.3. The summed E-state index contributed by atoms with van der Waals surface area (Å²) >= 11 is 0. The zero-order valence-corrected chi connectivity index (χ0v) is 20.2. The molecule has 2 amide bonds. The molecule has 0 saturated carbocycles. The number of amides is 2. The molecule has 192 valence electrons. The number of rotatable bonds is 4. The van der Waals surface area contributed by atoms with Crippen LogP contribution in [0.25, 0.3) is 11.1 Å². The largest absolute Gasteiger partial charge is 0.416 e. The molecule has 1 saturated heterocycles. The van der Waals surface area contributed by atoms with Crippen molar-refractivity contribution in [2.45, 2.75) is 26.1 Å². The molecule has 5 rings (SSSR count). The number of benzene rings is 1. The summed E-state index contributed by atoms with van der Waals surface area (Å²) in [4.78, 5) is 38.3. The van der Waals surface area contributed by atoms with Crippen LogP contribution >= 0.6 is 0 Å². The SMILES string of the molecule is CCN1C(=O)C2COCCN2c2cc(-c3cc(NC(=O)c4cccc(C(F)(F)F)c4)cnc3C)cnc21. The van der Waals surface area contributed by atoms with Crippen molar-refractivity contribution in [3.05, 3.63) is 65.6 Å². The van der Waals surface area contributed by atoms with Gasteiger partial charge in [0, 0.05) is 41.7 Å². The number of fused-ring (bicyclic) bond motifs is 3. The van der Waals surface area contributed by atoms with Gasteiger partial charge >= 0.3 is 6.18 Å². The molecule has 2 aliphatic rings. The van der Waals surface area contributed by atoms with E-state index in [1.165, 1.54) is 18.3 Å². The quantitative estimate of drug-likeness (QED) is 0.562. The predicted octanol–water partition coefficient (Wildman–Crippen LogP) is 4.29. The van der Waals surface area contributed by atoms with Gasteiger partial charge in [0.2, 0.25) is 0 Å². The highest BCUT2D eigenvalue weighted by molar-refractivity contribution is 6.06. The van der Waals surface area contributed by atoms with E-state index in [1.54, 1.807) is 17.2 Å². The van der Waals surface area contributed by atoms with E-state index in [0.717, 1.165) is 23.4 Å². The molecule has 2 aromatic heterocycles. The Kier molecular flexibility index (Phi) is 6.32. The van der Waals surface area contributed by atoms with Gasteiger partial charge in [-0.3, -0.25) is 19.5 Å². The average molecular weight is 512 g/mol. The van der Waals surface area contributed by atoms with Crippen molar-refractivity contribution < 1.29 is 27.5 Å². The number of pyridine rings is 2. The highest BCUT2D eigenvalue weighted by Gasteiger charge is 2.40. The van der Waals surface area contributed by atoms with Crippen molar-refractivity contribution >= 4 is 29.0 Å². The standard InChI is InChI=1S/C26H24F3N5O3/c1-3-33-23-21(34-7-8-37-14-22(34)25(33)36)10-17(12-31-23)20-11-19(13-30-15(20)2)32-24(35)16-5-4-6-18(9-16)26(27,28)29/h4-6,9-13,22H,3,7-8,14H2,1-2H3,(H,32,35). The predicted molar refractivity (Wildman–Crippen MR) is 132 cm³/mol. The number of hydrogen-bond acceptors (Lipinski definition) is 6. The molecule has 0 aliphatic carbocycles. The Balaban J connectivity index is 1.47. The van der Waals surface area contributed by atoms with Crippen LogP contribution in [-0.2, 0) is 15.7 Å². The summed E-state index contributed by atoms with van der Waals surface area (Å²) in [6.07, 6.45) is -1.45. The fourth-order valence-corrected chi connectivity index (χ4v) is 4.63. The summed E-state index contributed by atoms with van der Waals surface area (Å²) < 4.78 is 44.7. The maximum atomic E-state index is 13.1. The fourth-order valence-electron chi connectivity index (χ4n) is 4.63. The first-order chi connectivity index (χ1) is 17.7. The third-order valence-corrected chi connectivity index (χ3v) is 6.52. The number of nitrogens with zero attached hydrogens (tertiary/aromatic N) is 4. The van der Waals surface area contributed by atoms with E-state index in [-0.39, 0.29) is 11.5 Å². The molecule has 2 aliphatic heterocycles. The number of hydrogen-bond donors (Lipinski definition) is 1. The molecule has 8 nitrogen and oxygen atoms in total. The molecule has 1 fully saturated rings. The number of carbonyl (C=O) groups excluding carboxylic acids is 2. The first kappa shape index (κ1) is 24.7. The molecule has 0 spiro atoms. The molecule has 1 unspecified atom stereocenters. The Morgan fingerprint density at radius 2 is 2.00 bits per heavy atom. The van der Waals surface area contributed by atoms with Crippen LogP contribution < -0.4 is 15.1 Å². The van der Waals surface area contributed by atoms with Crippen molar-refractivity contribution in [3.63, 3.8) is 0 Å². The van der Waals surface area contributed by atoms with Crippen LogP contribution in [0.2, 0.25) is 0 Å². The summed E-state index contributed by atoms with van der Waals surface area (Å²) in [5.74, 6) is -0.152. The molecule has 1 aromatic carbocycles. The Hall–Kier alpha value is -3.99. The van der Waals surface area contributed by atoms with Gasteiger partial charge in [0.05, 0.1) is 36.3 Å². The lowest BCUT2D eigenvalue weighted by atomic mass is 10.0. The minimum atomic E-state index is -4.55. The highest BCUT2D eigenvalue weighted by atomic mass is 19.4. The Morgan fingerprint density at radius 1 is 1.19 bits per heavy atom. The fraction of sp³-hybridized carbons (Fsp3) is 0.308. The number of halogens is 3. The summed E-state index contributed by atoms with van der Waals surface area (Å²) in [5.41, 5.74) is 2.23. The van der Waals surface area contributed by atoms with E-state index >= 15 is 0 Å². The second kappa shape index (κ2) is 9.47. The number of nitrogens with one attached hydrogen (secondary N) is 1. The van der Waals surface area contributed by atoms with Crippen LogP contribution in [0, 0.1) is 6.92 Å². The Morgan fingerprint density at radius 3 is 2.76 bits per heavy atom. The summed E-state index contributed by atoms with van der Waals surface area (Å²) in [6.45, 7) is 5.53. The maximum absolute atomic E-state index is 13.1. The molecular formula is C26H24F3N5O3. The van der Waals surface area contributed by atoms with Crippen molar-refractivity contribution in [1.82, 2.24) is 9.97 Å². The first-order valence-electron chi connectivity index (χ1n) is 11.8. The topological polar surface area (TPSA) is 87.7 Å². The summed E-state index contributed by atoms with van der Waals surface area (Å²) in [7, 11) is 0. The lowest BCUT2D eigenvalue weighted by Crippen LogP contribution is -2.59. The molecule has 0 radical (unpaired) electrons. The van der Waals surface area contributed by atoms with E-state index in [0.29, 0.717) is 49.1 Å². The number of alkyl halides is 3. The molecule has 1 N–H and O–H groups in total. The van der Waals surface area contributed by atoms with Crippen LogP contribution in [0.3, 0.4) is 0 Å². The van der Waals surface area contributed by atoms with E-state index in [1.807, 2.05) is 24.8 Å². The van der Waals surface area contributed by atoms with Crippen LogP contribution in [-0.4, -0.2) is 54.1 Å². The molecule has 4 heterocycles. The van der Waals surface area contributed by atoms with E-state index in [9.17, 15) is 22.8 Å². The second-order valence-corrected chi connectivity index (χ2v) is 8.82. The lowest BCUT2D eigenvalue weighted by molar-refractivity contribution is -0.137. The number of anilines is 3.